The maximum Gasteiger partial charge on any atom is 0.227 e. The first-order chi connectivity index (χ1) is 9.69. The summed E-state index contributed by atoms with van der Waals surface area (Å²) in [7, 11) is 1.39. The van der Waals surface area contributed by atoms with Crippen molar-refractivity contribution in [1.29, 1.82) is 0 Å². The molecule has 1 saturated heterocycles. The highest BCUT2D eigenvalue weighted by molar-refractivity contribution is 5.96. The zero-order chi connectivity index (χ0) is 14.1. The molecule has 0 bridgehead atoms. The van der Waals surface area contributed by atoms with Gasteiger partial charge in [-0.15, -0.1) is 0 Å². The van der Waals surface area contributed by atoms with Crippen LogP contribution in [-0.2, 0) is 4.79 Å². The van der Waals surface area contributed by atoms with Crippen LogP contribution in [-0.4, -0.2) is 29.7 Å². The van der Waals surface area contributed by atoms with Gasteiger partial charge in [0.05, 0.1) is 7.11 Å². The van der Waals surface area contributed by atoms with Crippen LogP contribution in [0.4, 0.5) is 10.1 Å². The normalized spacial score (nSPS) is 18.6. The van der Waals surface area contributed by atoms with Gasteiger partial charge in [0.15, 0.2) is 17.4 Å². The van der Waals surface area contributed by atoms with Gasteiger partial charge >= 0.3 is 0 Å². The predicted molar refractivity (Wildman–Crippen MR) is 67.0 cm³/mol. The summed E-state index contributed by atoms with van der Waals surface area (Å²) in [6.45, 7) is 0.407. The molecule has 3 rings (SSSR count). The highest BCUT2D eigenvalue weighted by Crippen LogP contribution is 2.32. The summed E-state index contributed by atoms with van der Waals surface area (Å²) in [5.74, 6) is -0.0819. The number of amides is 1. The third-order valence-electron chi connectivity index (χ3n) is 3.32. The summed E-state index contributed by atoms with van der Waals surface area (Å²) in [6.07, 6.45) is 1.52. The molecule has 1 atom stereocenters. The number of benzene rings is 1. The number of carbonyl (C=O) groups is 1. The van der Waals surface area contributed by atoms with E-state index in [0.717, 1.165) is 0 Å². The molecule has 0 aliphatic carbocycles. The minimum atomic E-state index is -0.499. The highest BCUT2D eigenvalue weighted by atomic mass is 19.1. The van der Waals surface area contributed by atoms with E-state index in [9.17, 15) is 9.18 Å². The summed E-state index contributed by atoms with van der Waals surface area (Å²) >= 11 is 0. The highest BCUT2D eigenvalue weighted by Gasteiger charge is 2.34. The smallest absolute Gasteiger partial charge is 0.227 e. The summed E-state index contributed by atoms with van der Waals surface area (Å²) < 4.78 is 23.2. The minimum Gasteiger partial charge on any atom is -0.494 e. The van der Waals surface area contributed by atoms with Crippen molar-refractivity contribution in [3.63, 3.8) is 0 Å². The third-order valence-corrected chi connectivity index (χ3v) is 3.32. The van der Waals surface area contributed by atoms with Crippen molar-refractivity contribution in [2.75, 3.05) is 18.6 Å². The first-order valence-corrected chi connectivity index (χ1v) is 6.09. The summed E-state index contributed by atoms with van der Waals surface area (Å²) in [5.41, 5.74) is 0.499. The molecule has 0 N–H and O–H groups in total. The van der Waals surface area contributed by atoms with Crippen LogP contribution in [0.15, 0.2) is 29.1 Å². The van der Waals surface area contributed by atoms with Crippen LogP contribution < -0.4 is 9.64 Å². The van der Waals surface area contributed by atoms with Crippen LogP contribution in [0.25, 0.3) is 0 Å². The van der Waals surface area contributed by atoms with Crippen molar-refractivity contribution >= 4 is 11.6 Å². The number of aromatic nitrogens is 2. The van der Waals surface area contributed by atoms with E-state index >= 15 is 0 Å². The molecule has 2 heterocycles. The zero-order valence-corrected chi connectivity index (χ0v) is 10.7. The van der Waals surface area contributed by atoms with Gasteiger partial charge in [0, 0.05) is 30.6 Å². The predicted octanol–water partition coefficient (Wildman–Crippen LogP) is 1.74. The number of anilines is 1. The standard InChI is InChI=1S/C13H12FN3O3/c1-19-11-3-2-9(5-10(11)14)17-6-8(4-12(17)18)13-15-7-20-16-13/h2-3,5,7-8H,4,6H2,1H3. The topological polar surface area (TPSA) is 68.5 Å². The Morgan fingerprint density at radius 3 is 3.00 bits per heavy atom. The fourth-order valence-electron chi connectivity index (χ4n) is 2.31. The van der Waals surface area contributed by atoms with Crippen LogP contribution in [0.5, 0.6) is 5.75 Å². The summed E-state index contributed by atoms with van der Waals surface area (Å²) in [5, 5.41) is 3.75. The van der Waals surface area contributed by atoms with Crippen molar-refractivity contribution in [1.82, 2.24) is 10.1 Å². The van der Waals surface area contributed by atoms with Gasteiger partial charge in [-0.3, -0.25) is 4.79 Å². The molecule has 1 aliphatic rings. The Morgan fingerprint density at radius 2 is 2.35 bits per heavy atom. The first kappa shape index (κ1) is 12.6. The molecule has 1 aromatic carbocycles. The lowest BCUT2D eigenvalue weighted by atomic mass is 10.1. The van der Waals surface area contributed by atoms with Gasteiger partial charge in [-0.25, -0.2) is 4.39 Å². The summed E-state index contributed by atoms with van der Waals surface area (Å²) in [6, 6.07) is 4.44. The molecule has 20 heavy (non-hydrogen) atoms. The monoisotopic (exact) mass is 277 g/mol. The molecule has 1 aliphatic heterocycles. The van der Waals surface area contributed by atoms with Gasteiger partial charge in [0.2, 0.25) is 12.3 Å². The van der Waals surface area contributed by atoms with Crippen LogP contribution in [0.2, 0.25) is 0 Å². The Hall–Kier alpha value is -2.44. The second-order valence-corrected chi connectivity index (χ2v) is 4.51. The average molecular weight is 277 g/mol. The minimum absolute atomic E-state index is 0.0932. The lowest BCUT2D eigenvalue weighted by molar-refractivity contribution is -0.117. The Kier molecular flexibility index (Phi) is 3.09. The van der Waals surface area contributed by atoms with E-state index in [4.69, 9.17) is 4.74 Å². The van der Waals surface area contributed by atoms with E-state index < -0.39 is 5.82 Å². The van der Waals surface area contributed by atoms with Crippen molar-refractivity contribution in [3.8, 4) is 5.75 Å². The number of methoxy groups -OCH3 is 1. The van der Waals surface area contributed by atoms with Crippen LogP contribution >= 0.6 is 0 Å². The zero-order valence-electron chi connectivity index (χ0n) is 10.7. The fraction of sp³-hybridized carbons (Fsp3) is 0.308. The number of halogens is 1. The number of rotatable bonds is 3. The quantitative estimate of drug-likeness (QED) is 0.854. The van der Waals surface area contributed by atoms with Crippen molar-refractivity contribution < 1.29 is 18.4 Å². The van der Waals surface area contributed by atoms with Gasteiger partial charge in [-0.05, 0) is 12.1 Å². The third kappa shape index (κ3) is 2.11. The van der Waals surface area contributed by atoms with Gasteiger partial charge in [0.1, 0.15) is 0 Å². The molecule has 0 radical (unpaired) electrons. The first-order valence-electron chi connectivity index (χ1n) is 6.09. The molecule has 1 aromatic heterocycles. The van der Waals surface area contributed by atoms with Gasteiger partial charge < -0.3 is 14.2 Å². The molecule has 1 amide bonds. The van der Waals surface area contributed by atoms with E-state index in [2.05, 4.69) is 14.7 Å². The van der Waals surface area contributed by atoms with Crippen LogP contribution in [0.3, 0.4) is 0 Å². The van der Waals surface area contributed by atoms with E-state index in [0.29, 0.717) is 18.1 Å². The number of hydrogen-bond donors (Lipinski definition) is 0. The van der Waals surface area contributed by atoms with Gasteiger partial charge in [-0.2, -0.15) is 4.98 Å². The van der Waals surface area contributed by atoms with Crippen LogP contribution in [0.1, 0.15) is 18.2 Å². The SMILES string of the molecule is COc1ccc(N2CC(c3ncon3)CC2=O)cc1F. The Labute approximate surface area is 114 Å². The molecule has 1 fully saturated rings. The van der Waals surface area contributed by atoms with Gasteiger partial charge in [0.25, 0.3) is 0 Å². The average Bonchev–Trinajstić information content (AvgIpc) is 3.07. The van der Waals surface area contributed by atoms with E-state index in [1.54, 1.807) is 6.07 Å². The molecule has 1 unspecified atom stereocenters. The largest absolute Gasteiger partial charge is 0.494 e. The Balaban J connectivity index is 1.84. The van der Waals surface area contributed by atoms with Gasteiger partial charge in [-0.1, -0.05) is 5.16 Å². The number of nitrogens with zero attached hydrogens (tertiary/aromatic N) is 3. The second kappa shape index (κ2) is 4.92. The number of carbonyl (C=O) groups excluding carboxylic acids is 1. The fourth-order valence-corrected chi connectivity index (χ4v) is 2.31. The molecular formula is C13H12FN3O3. The number of hydrogen-bond acceptors (Lipinski definition) is 5. The molecule has 2 aromatic rings. The maximum absolute atomic E-state index is 13.7. The lowest BCUT2D eigenvalue weighted by Crippen LogP contribution is -2.24. The molecule has 0 saturated carbocycles. The van der Waals surface area contributed by atoms with E-state index in [1.165, 1.54) is 30.5 Å². The van der Waals surface area contributed by atoms with E-state index in [-0.39, 0.29) is 24.0 Å². The Morgan fingerprint density at radius 1 is 1.50 bits per heavy atom. The van der Waals surface area contributed by atoms with Crippen LogP contribution in [0, 0.1) is 5.82 Å². The molecule has 104 valence electrons. The van der Waals surface area contributed by atoms with Crippen molar-refractivity contribution in [2.45, 2.75) is 12.3 Å². The van der Waals surface area contributed by atoms with Crippen molar-refractivity contribution in [3.05, 3.63) is 36.2 Å². The maximum atomic E-state index is 13.7. The summed E-state index contributed by atoms with van der Waals surface area (Å²) in [4.78, 5) is 17.5. The Bertz CT molecular complexity index is 630. The second-order valence-electron chi connectivity index (χ2n) is 4.51. The van der Waals surface area contributed by atoms with E-state index in [1.807, 2.05) is 0 Å². The molecule has 6 nitrogen and oxygen atoms in total. The molecule has 7 heteroatoms. The lowest BCUT2D eigenvalue weighted by Gasteiger charge is -2.16. The number of ether oxygens (including phenoxy) is 1. The van der Waals surface area contributed by atoms with Crippen molar-refractivity contribution in [2.24, 2.45) is 0 Å². The molecular weight excluding hydrogens is 265 g/mol. The molecule has 0 spiro atoms.